The topological polar surface area (TPSA) is 12.0 Å². The molecule has 1 nitrogen and oxygen atoms in total. The number of unbranched alkanes of at least 4 members (excludes halogenated alkanes) is 6. The lowest BCUT2D eigenvalue weighted by molar-refractivity contribution is 0.465. The Labute approximate surface area is 130 Å². The average molecular weight is 296 g/mol. The summed E-state index contributed by atoms with van der Waals surface area (Å²) in [5.41, 5.74) is 3.00. The summed E-state index contributed by atoms with van der Waals surface area (Å²) in [6, 6.07) is 0.580. The van der Waals surface area contributed by atoms with Gasteiger partial charge in [-0.25, -0.2) is 0 Å². The van der Waals surface area contributed by atoms with E-state index in [0.717, 1.165) is 6.54 Å². The van der Waals surface area contributed by atoms with E-state index in [1.54, 1.807) is 0 Å². The highest BCUT2D eigenvalue weighted by Crippen LogP contribution is 2.26. The predicted molar refractivity (Wildman–Crippen MR) is 92.7 cm³/mol. The quantitative estimate of drug-likeness (QED) is 0.450. The van der Waals surface area contributed by atoms with E-state index in [-0.39, 0.29) is 0 Å². The molecule has 1 unspecified atom stereocenters. The summed E-state index contributed by atoms with van der Waals surface area (Å²) in [4.78, 5) is 0. The van der Waals surface area contributed by atoms with Gasteiger partial charge in [0.2, 0.25) is 0 Å². The molecule has 0 saturated carbocycles. The first kappa shape index (κ1) is 17.7. The molecule has 0 aliphatic rings. The second kappa shape index (κ2) is 11.3. The van der Waals surface area contributed by atoms with Crippen LogP contribution in [0.25, 0.3) is 0 Å². The van der Waals surface area contributed by atoms with Crippen LogP contribution in [0.1, 0.15) is 88.8 Å². The molecule has 116 valence electrons. The molecule has 1 rings (SSSR count). The highest BCUT2D eigenvalue weighted by molar-refractivity contribution is 7.08. The van der Waals surface area contributed by atoms with Crippen LogP contribution < -0.4 is 5.32 Å². The van der Waals surface area contributed by atoms with E-state index in [1.807, 2.05) is 11.3 Å². The SMILES string of the molecule is CCCCCCCCCC(NCCC)c1cscc1C. The molecular formula is C18H33NS. The monoisotopic (exact) mass is 295 g/mol. The second-order valence-corrected chi connectivity index (χ2v) is 6.67. The van der Waals surface area contributed by atoms with Crippen molar-refractivity contribution in [1.29, 1.82) is 0 Å². The van der Waals surface area contributed by atoms with Crippen LogP contribution in [0.4, 0.5) is 0 Å². The minimum absolute atomic E-state index is 0.580. The summed E-state index contributed by atoms with van der Waals surface area (Å²) in [5.74, 6) is 0. The van der Waals surface area contributed by atoms with Crippen molar-refractivity contribution < 1.29 is 0 Å². The standard InChI is InChI=1S/C18H33NS/c1-4-6-7-8-9-10-11-12-18(19-13-5-2)17-15-20-14-16(17)3/h14-15,18-19H,4-13H2,1-3H3. The van der Waals surface area contributed by atoms with Crippen molar-refractivity contribution >= 4 is 11.3 Å². The number of hydrogen-bond donors (Lipinski definition) is 1. The van der Waals surface area contributed by atoms with E-state index < -0.39 is 0 Å². The van der Waals surface area contributed by atoms with Gasteiger partial charge in [-0.2, -0.15) is 11.3 Å². The molecule has 20 heavy (non-hydrogen) atoms. The van der Waals surface area contributed by atoms with Gasteiger partial charge in [0, 0.05) is 6.04 Å². The van der Waals surface area contributed by atoms with Crippen molar-refractivity contribution in [3.63, 3.8) is 0 Å². The minimum Gasteiger partial charge on any atom is -0.310 e. The Kier molecular flexibility index (Phi) is 10.0. The molecule has 0 bridgehead atoms. The molecule has 2 heteroatoms. The van der Waals surface area contributed by atoms with Crippen LogP contribution in [0.15, 0.2) is 10.8 Å². The van der Waals surface area contributed by atoms with Gasteiger partial charge in [0.25, 0.3) is 0 Å². The van der Waals surface area contributed by atoms with Crippen molar-refractivity contribution in [2.75, 3.05) is 6.54 Å². The third-order valence-corrected chi connectivity index (χ3v) is 4.89. The third kappa shape index (κ3) is 6.90. The normalized spacial score (nSPS) is 12.8. The lowest BCUT2D eigenvalue weighted by Crippen LogP contribution is -2.22. The van der Waals surface area contributed by atoms with Gasteiger partial charge in [-0.1, -0.05) is 58.8 Å². The highest BCUT2D eigenvalue weighted by Gasteiger charge is 2.13. The Balaban J connectivity index is 2.26. The molecule has 1 aromatic rings. The molecule has 0 aliphatic heterocycles. The first-order valence-electron chi connectivity index (χ1n) is 8.55. The number of aryl methyl sites for hydroxylation is 1. The van der Waals surface area contributed by atoms with Crippen LogP contribution in [0.2, 0.25) is 0 Å². The maximum atomic E-state index is 3.73. The largest absolute Gasteiger partial charge is 0.310 e. The molecule has 0 aliphatic carbocycles. The van der Waals surface area contributed by atoms with Gasteiger partial charge < -0.3 is 5.32 Å². The number of nitrogens with one attached hydrogen (secondary N) is 1. The molecule has 1 aromatic heterocycles. The van der Waals surface area contributed by atoms with E-state index >= 15 is 0 Å². The third-order valence-electron chi connectivity index (χ3n) is 4.01. The van der Waals surface area contributed by atoms with E-state index in [0.29, 0.717) is 6.04 Å². The van der Waals surface area contributed by atoms with Gasteiger partial charge in [0.1, 0.15) is 0 Å². The first-order chi connectivity index (χ1) is 9.79. The van der Waals surface area contributed by atoms with Gasteiger partial charge in [-0.15, -0.1) is 0 Å². The molecule has 0 amide bonds. The van der Waals surface area contributed by atoms with Crippen LogP contribution in [-0.2, 0) is 0 Å². The van der Waals surface area contributed by atoms with Crippen LogP contribution in [0.5, 0.6) is 0 Å². The molecule has 0 saturated heterocycles. The lowest BCUT2D eigenvalue weighted by atomic mass is 9.99. The molecule has 1 heterocycles. The zero-order valence-electron chi connectivity index (χ0n) is 13.7. The van der Waals surface area contributed by atoms with Crippen LogP contribution >= 0.6 is 11.3 Å². The van der Waals surface area contributed by atoms with Gasteiger partial charge in [-0.05, 0) is 48.2 Å². The molecule has 0 aromatic carbocycles. The van der Waals surface area contributed by atoms with Gasteiger partial charge in [0.05, 0.1) is 0 Å². The molecule has 0 fully saturated rings. The molecular weight excluding hydrogens is 262 g/mol. The van der Waals surface area contributed by atoms with Crippen molar-refractivity contribution in [2.24, 2.45) is 0 Å². The summed E-state index contributed by atoms with van der Waals surface area (Å²) in [5, 5.41) is 8.35. The second-order valence-electron chi connectivity index (χ2n) is 5.93. The zero-order valence-corrected chi connectivity index (χ0v) is 14.5. The fourth-order valence-electron chi connectivity index (χ4n) is 2.72. The summed E-state index contributed by atoms with van der Waals surface area (Å²) < 4.78 is 0. The summed E-state index contributed by atoms with van der Waals surface area (Å²) in [6.45, 7) is 7.92. The van der Waals surface area contributed by atoms with Crippen LogP contribution in [-0.4, -0.2) is 6.54 Å². The summed E-state index contributed by atoms with van der Waals surface area (Å²) >= 11 is 1.84. The van der Waals surface area contributed by atoms with Crippen LogP contribution in [0, 0.1) is 6.92 Å². The van der Waals surface area contributed by atoms with E-state index in [4.69, 9.17) is 0 Å². The number of thiophene rings is 1. The van der Waals surface area contributed by atoms with E-state index in [9.17, 15) is 0 Å². The highest BCUT2D eigenvalue weighted by atomic mass is 32.1. The predicted octanol–water partition coefficient (Wildman–Crippen LogP) is 6.24. The maximum Gasteiger partial charge on any atom is 0.0331 e. The Bertz CT molecular complexity index is 332. The van der Waals surface area contributed by atoms with Crippen molar-refractivity contribution in [3.8, 4) is 0 Å². The van der Waals surface area contributed by atoms with Crippen molar-refractivity contribution in [1.82, 2.24) is 5.32 Å². The summed E-state index contributed by atoms with van der Waals surface area (Å²) in [7, 11) is 0. The van der Waals surface area contributed by atoms with Gasteiger partial charge in [-0.3, -0.25) is 0 Å². The Morgan fingerprint density at radius 1 is 0.950 bits per heavy atom. The molecule has 1 N–H and O–H groups in total. The fourth-order valence-corrected chi connectivity index (χ4v) is 3.62. The van der Waals surface area contributed by atoms with Gasteiger partial charge in [0.15, 0.2) is 0 Å². The minimum atomic E-state index is 0.580. The molecule has 1 atom stereocenters. The fraction of sp³-hybridized carbons (Fsp3) is 0.778. The molecule has 0 spiro atoms. The Hall–Kier alpha value is -0.340. The van der Waals surface area contributed by atoms with E-state index in [2.05, 4.69) is 36.8 Å². The Morgan fingerprint density at radius 3 is 2.25 bits per heavy atom. The number of rotatable bonds is 12. The van der Waals surface area contributed by atoms with Gasteiger partial charge >= 0.3 is 0 Å². The average Bonchev–Trinajstić information content (AvgIpc) is 2.87. The molecule has 0 radical (unpaired) electrons. The maximum absolute atomic E-state index is 3.73. The zero-order chi connectivity index (χ0) is 14.6. The summed E-state index contributed by atoms with van der Waals surface area (Å²) in [6.07, 6.45) is 12.3. The van der Waals surface area contributed by atoms with Crippen molar-refractivity contribution in [3.05, 3.63) is 21.9 Å². The Morgan fingerprint density at radius 2 is 1.65 bits per heavy atom. The van der Waals surface area contributed by atoms with Crippen LogP contribution in [0.3, 0.4) is 0 Å². The van der Waals surface area contributed by atoms with Crippen molar-refractivity contribution in [2.45, 2.75) is 84.6 Å². The van der Waals surface area contributed by atoms with E-state index in [1.165, 1.54) is 68.9 Å². The number of hydrogen-bond acceptors (Lipinski definition) is 2. The smallest absolute Gasteiger partial charge is 0.0331 e. The lowest BCUT2D eigenvalue weighted by Gasteiger charge is -2.19. The first-order valence-corrected chi connectivity index (χ1v) is 9.49.